The van der Waals surface area contributed by atoms with Gasteiger partial charge in [0.25, 0.3) is 0 Å². The first kappa shape index (κ1) is 14.8. The van der Waals surface area contributed by atoms with E-state index in [1.807, 2.05) is 0 Å². The van der Waals surface area contributed by atoms with Crippen LogP contribution in [0.25, 0.3) is 0 Å². The fourth-order valence-corrected chi connectivity index (χ4v) is 2.74. The zero-order chi connectivity index (χ0) is 14.9. The number of carboxylic acids is 1. The van der Waals surface area contributed by atoms with Crippen molar-refractivity contribution < 1.29 is 23.1 Å². The quantitative estimate of drug-likeness (QED) is 0.825. The number of anilines is 1. The van der Waals surface area contributed by atoms with Crippen LogP contribution >= 0.6 is 0 Å². The van der Waals surface area contributed by atoms with Crippen LogP contribution in [0.1, 0.15) is 16.8 Å². The van der Waals surface area contributed by atoms with Gasteiger partial charge < -0.3 is 14.7 Å². The molecule has 1 saturated heterocycles. The zero-order valence-corrected chi connectivity index (χ0v) is 11.8. The lowest BCUT2D eigenvalue weighted by atomic mass is 10.1. The molecule has 1 aromatic rings. The van der Waals surface area contributed by atoms with E-state index < -0.39 is 16.0 Å². The molecule has 0 aliphatic carbocycles. The van der Waals surface area contributed by atoms with Crippen LogP contribution in [-0.4, -0.2) is 45.8 Å². The second-order valence-electron chi connectivity index (χ2n) is 4.66. The van der Waals surface area contributed by atoms with E-state index in [4.69, 9.17) is 9.88 Å². The normalized spacial score (nSPS) is 19.0. The van der Waals surface area contributed by atoms with E-state index in [1.165, 1.54) is 12.1 Å². The molecule has 0 bridgehead atoms. The van der Waals surface area contributed by atoms with E-state index in [2.05, 4.69) is 0 Å². The van der Waals surface area contributed by atoms with Gasteiger partial charge in [-0.3, -0.25) is 0 Å². The van der Waals surface area contributed by atoms with Crippen molar-refractivity contribution >= 4 is 21.7 Å². The first-order valence-corrected chi connectivity index (χ1v) is 7.56. The Morgan fingerprint density at radius 2 is 2.20 bits per heavy atom. The monoisotopic (exact) mass is 300 g/mol. The molecular weight excluding hydrogens is 284 g/mol. The maximum Gasteiger partial charge on any atom is 0.337 e. The van der Waals surface area contributed by atoms with E-state index in [-0.39, 0.29) is 16.5 Å². The summed E-state index contributed by atoms with van der Waals surface area (Å²) in [6.45, 7) is 1.15. The maximum absolute atomic E-state index is 11.3. The van der Waals surface area contributed by atoms with Crippen LogP contribution in [0.5, 0.6) is 0 Å². The number of hydrogen-bond acceptors (Lipinski definition) is 5. The number of sulfonamides is 1. The van der Waals surface area contributed by atoms with Gasteiger partial charge in [-0.25, -0.2) is 18.4 Å². The van der Waals surface area contributed by atoms with Crippen molar-refractivity contribution in [2.75, 3.05) is 25.2 Å². The average Bonchev–Trinajstić information content (AvgIpc) is 2.89. The summed E-state index contributed by atoms with van der Waals surface area (Å²) >= 11 is 0. The highest BCUT2D eigenvalue weighted by Crippen LogP contribution is 2.26. The highest BCUT2D eigenvalue weighted by Gasteiger charge is 2.25. The van der Waals surface area contributed by atoms with Crippen molar-refractivity contribution in [3.63, 3.8) is 0 Å². The topological polar surface area (TPSA) is 110 Å². The molecule has 1 unspecified atom stereocenters. The van der Waals surface area contributed by atoms with E-state index in [0.29, 0.717) is 18.9 Å². The lowest BCUT2D eigenvalue weighted by Gasteiger charge is -2.27. The van der Waals surface area contributed by atoms with Gasteiger partial charge in [0, 0.05) is 13.7 Å². The predicted octanol–water partition coefficient (Wildman–Crippen LogP) is 0.257. The van der Waals surface area contributed by atoms with Crippen LogP contribution in [0.15, 0.2) is 23.1 Å². The number of likely N-dealkylation sites (N-methyl/N-ethyl adjacent to an activating group) is 1. The fourth-order valence-electron chi connectivity index (χ4n) is 2.20. The van der Waals surface area contributed by atoms with Gasteiger partial charge in [0.2, 0.25) is 10.0 Å². The molecule has 1 fully saturated rings. The van der Waals surface area contributed by atoms with E-state index >= 15 is 0 Å². The summed E-state index contributed by atoms with van der Waals surface area (Å²) in [7, 11) is -2.17. The van der Waals surface area contributed by atoms with Crippen LogP contribution in [-0.2, 0) is 14.8 Å². The third kappa shape index (κ3) is 2.92. The maximum atomic E-state index is 11.3. The SMILES string of the molecule is CN(c1ccc(S(N)(=O)=O)cc1C(=O)O)C1CCOC1. The van der Waals surface area contributed by atoms with Gasteiger partial charge in [-0.05, 0) is 24.6 Å². The molecule has 2 rings (SSSR count). The third-order valence-corrected chi connectivity index (χ3v) is 4.27. The Bertz CT molecular complexity index is 623. The van der Waals surface area contributed by atoms with Crippen LogP contribution in [0.4, 0.5) is 5.69 Å². The van der Waals surface area contributed by atoms with Crippen molar-refractivity contribution in [1.29, 1.82) is 0 Å². The van der Waals surface area contributed by atoms with E-state index in [1.54, 1.807) is 11.9 Å². The Kier molecular flexibility index (Phi) is 3.98. The first-order valence-electron chi connectivity index (χ1n) is 6.01. The molecule has 20 heavy (non-hydrogen) atoms. The Morgan fingerprint density at radius 1 is 1.50 bits per heavy atom. The van der Waals surface area contributed by atoms with Crippen molar-refractivity contribution in [3.05, 3.63) is 23.8 Å². The van der Waals surface area contributed by atoms with Gasteiger partial charge in [-0.2, -0.15) is 0 Å². The summed E-state index contributed by atoms with van der Waals surface area (Å²) in [5, 5.41) is 14.3. The van der Waals surface area contributed by atoms with Crippen molar-refractivity contribution in [3.8, 4) is 0 Å². The minimum Gasteiger partial charge on any atom is -0.478 e. The van der Waals surface area contributed by atoms with Crippen molar-refractivity contribution in [2.45, 2.75) is 17.4 Å². The molecule has 1 aromatic carbocycles. The number of primary sulfonamides is 1. The molecule has 1 atom stereocenters. The summed E-state index contributed by atoms with van der Waals surface area (Å²) in [6.07, 6.45) is 0.798. The lowest BCUT2D eigenvalue weighted by molar-refractivity contribution is 0.0697. The van der Waals surface area contributed by atoms with Gasteiger partial charge >= 0.3 is 5.97 Å². The molecule has 7 nitrogen and oxygen atoms in total. The number of nitrogens with two attached hydrogens (primary N) is 1. The summed E-state index contributed by atoms with van der Waals surface area (Å²) in [5.41, 5.74) is 0.353. The molecule has 0 radical (unpaired) electrons. The zero-order valence-electron chi connectivity index (χ0n) is 10.9. The highest BCUT2D eigenvalue weighted by molar-refractivity contribution is 7.89. The predicted molar refractivity (Wildman–Crippen MR) is 72.4 cm³/mol. The van der Waals surface area contributed by atoms with E-state index in [0.717, 1.165) is 12.5 Å². The number of hydrogen-bond donors (Lipinski definition) is 2. The lowest BCUT2D eigenvalue weighted by Crippen LogP contribution is -2.33. The number of nitrogens with zero attached hydrogens (tertiary/aromatic N) is 1. The first-order chi connectivity index (χ1) is 9.30. The van der Waals surface area contributed by atoms with Crippen molar-refractivity contribution in [2.24, 2.45) is 5.14 Å². The fraction of sp³-hybridized carbons (Fsp3) is 0.417. The molecule has 0 spiro atoms. The van der Waals surface area contributed by atoms with Crippen LogP contribution < -0.4 is 10.0 Å². The molecule has 1 heterocycles. The molecule has 1 aliphatic rings. The molecule has 0 aromatic heterocycles. The minimum absolute atomic E-state index is 0.0773. The molecule has 0 saturated carbocycles. The van der Waals surface area contributed by atoms with Gasteiger partial charge in [0.05, 0.1) is 28.8 Å². The summed E-state index contributed by atoms with van der Waals surface area (Å²) in [6, 6.07) is 3.93. The second kappa shape index (κ2) is 5.39. The Balaban J connectivity index is 2.45. The molecule has 110 valence electrons. The molecule has 8 heteroatoms. The number of ether oxygens (including phenoxy) is 1. The Morgan fingerprint density at radius 3 is 2.70 bits per heavy atom. The van der Waals surface area contributed by atoms with Gasteiger partial charge in [-0.1, -0.05) is 0 Å². The number of carbonyl (C=O) groups is 1. The summed E-state index contributed by atoms with van der Waals surface area (Å²) < 4.78 is 27.9. The average molecular weight is 300 g/mol. The molecular formula is C12H16N2O5S. The van der Waals surface area contributed by atoms with Crippen molar-refractivity contribution in [1.82, 2.24) is 0 Å². The Hall–Kier alpha value is -1.64. The molecule has 1 aliphatic heterocycles. The highest BCUT2D eigenvalue weighted by atomic mass is 32.2. The standard InChI is InChI=1S/C12H16N2O5S/c1-14(8-4-5-19-7-8)11-3-2-9(20(13,17)18)6-10(11)12(15)16/h2-3,6,8H,4-5,7H2,1H3,(H,15,16)(H2,13,17,18). The summed E-state index contributed by atoms with van der Waals surface area (Å²) in [5.74, 6) is -1.20. The number of aromatic carboxylic acids is 1. The van der Waals surface area contributed by atoms with Gasteiger partial charge in [0.15, 0.2) is 0 Å². The smallest absolute Gasteiger partial charge is 0.337 e. The number of rotatable bonds is 4. The Labute approximate surface area is 117 Å². The number of carboxylic acid groups (broad SMARTS) is 1. The van der Waals surface area contributed by atoms with Gasteiger partial charge in [0.1, 0.15) is 0 Å². The largest absolute Gasteiger partial charge is 0.478 e. The second-order valence-corrected chi connectivity index (χ2v) is 6.22. The minimum atomic E-state index is -3.93. The third-order valence-electron chi connectivity index (χ3n) is 3.36. The number of benzene rings is 1. The van der Waals surface area contributed by atoms with E-state index in [9.17, 15) is 18.3 Å². The molecule has 3 N–H and O–H groups in total. The van der Waals surface area contributed by atoms with Crippen LogP contribution in [0.3, 0.4) is 0 Å². The van der Waals surface area contributed by atoms with Crippen LogP contribution in [0, 0.1) is 0 Å². The molecule has 0 amide bonds. The summed E-state index contributed by atoms with van der Waals surface area (Å²) in [4.78, 5) is 12.9. The van der Waals surface area contributed by atoms with Gasteiger partial charge in [-0.15, -0.1) is 0 Å². The van der Waals surface area contributed by atoms with Crippen LogP contribution in [0.2, 0.25) is 0 Å².